The second-order valence-electron chi connectivity index (χ2n) is 9.01. The molecule has 0 radical (unpaired) electrons. The van der Waals surface area contributed by atoms with Gasteiger partial charge in [-0.25, -0.2) is 4.79 Å². The number of nitrogens with zero attached hydrogens (tertiary/aromatic N) is 2. The molecule has 178 valence electrons. The molecular formula is C28H26BrN3O2S. The van der Waals surface area contributed by atoms with Gasteiger partial charge in [-0.3, -0.25) is 0 Å². The highest BCUT2D eigenvalue weighted by Gasteiger charge is 2.36. The molecule has 35 heavy (non-hydrogen) atoms. The normalized spacial score (nSPS) is 16.6. The van der Waals surface area contributed by atoms with E-state index in [1.54, 1.807) is 7.11 Å². The highest BCUT2D eigenvalue weighted by Crippen LogP contribution is 2.44. The number of nitrogens with one attached hydrogen (secondary N) is 1. The lowest BCUT2D eigenvalue weighted by atomic mass is 9.95. The van der Waals surface area contributed by atoms with Crippen LogP contribution in [0.2, 0.25) is 0 Å². The monoisotopic (exact) mass is 547 g/mol. The second-order valence-corrected chi connectivity index (χ2v) is 11.0. The third kappa shape index (κ3) is 3.96. The minimum absolute atomic E-state index is 0.124. The number of urea groups is 1. The summed E-state index contributed by atoms with van der Waals surface area (Å²) in [6.07, 6.45) is 6.80. The number of benzene rings is 2. The lowest BCUT2D eigenvalue weighted by Gasteiger charge is -2.31. The van der Waals surface area contributed by atoms with E-state index in [1.807, 2.05) is 58.7 Å². The standard InChI is InChI=1S/C28H26BrN3O2S/c1-34-19-9-6-8-18(16-19)26-24-13-7-15-31(24)27-21(20-10-2-5-14-25(20)35-27)17-32(26)28(33)30-23-12-4-3-11-22(23)29/h3-4,6-9,11-13,15-16,26H,2,5,10,14,17H2,1H3,(H,30,33)/t26-/m0/s1. The summed E-state index contributed by atoms with van der Waals surface area (Å²) in [7, 11) is 1.68. The Balaban J connectivity index is 1.51. The first-order valence-electron chi connectivity index (χ1n) is 11.9. The number of fused-ring (bicyclic) bond motifs is 5. The van der Waals surface area contributed by atoms with E-state index < -0.39 is 0 Å². The number of ether oxygens (including phenoxy) is 1. The lowest BCUT2D eigenvalue weighted by molar-refractivity contribution is 0.194. The zero-order valence-corrected chi connectivity index (χ0v) is 21.9. The number of hydrogen-bond donors (Lipinski definition) is 1. The van der Waals surface area contributed by atoms with Crippen molar-refractivity contribution in [3.63, 3.8) is 0 Å². The van der Waals surface area contributed by atoms with Crippen LogP contribution in [0.25, 0.3) is 5.00 Å². The van der Waals surface area contributed by atoms with Crippen LogP contribution < -0.4 is 10.1 Å². The number of aromatic nitrogens is 1. The van der Waals surface area contributed by atoms with Crippen LogP contribution in [0.4, 0.5) is 10.5 Å². The molecule has 1 atom stereocenters. The number of carbonyl (C=O) groups excluding carboxylic acids is 1. The zero-order valence-electron chi connectivity index (χ0n) is 19.5. The molecule has 0 spiro atoms. The smallest absolute Gasteiger partial charge is 0.323 e. The SMILES string of the molecule is COc1cccc([C@H]2c3cccn3-c3sc4c(c3CN2C(=O)Nc2ccccc2Br)CCCC4)c1. The van der Waals surface area contributed by atoms with Gasteiger partial charge in [0, 0.05) is 21.1 Å². The van der Waals surface area contributed by atoms with Crippen molar-refractivity contribution in [1.82, 2.24) is 9.47 Å². The van der Waals surface area contributed by atoms with Gasteiger partial charge < -0.3 is 19.5 Å². The molecule has 6 rings (SSSR count). The molecule has 1 aliphatic carbocycles. The van der Waals surface area contributed by atoms with E-state index in [-0.39, 0.29) is 12.1 Å². The Hall–Kier alpha value is -3.03. The van der Waals surface area contributed by atoms with E-state index in [4.69, 9.17) is 4.74 Å². The van der Waals surface area contributed by atoms with Crippen LogP contribution in [0.5, 0.6) is 5.75 Å². The number of hydrogen-bond acceptors (Lipinski definition) is 3. The van der Waals surface area contributed by atoms with Crippen molar-refractivity contribution < 1.29 is 9.53 Å². The van der Waals surface area contributed by atoms with Crippen molar-refractivity contribution in [2.24, 2.45) is 0 Å². The van der Waals surface area contributed by atoms with Gasteiger partial charge in [-0.05, 0) is 89.1 Å². The molecule has 0 fully saturated rings. The number of thiophene rings is 1. The highest BCUT2D eigenvalue weighted by atomic mass is 79.9. The summed E-state index contributed by atoms with van der Waals surface area (Å²) in [5, 5.41) is 4.42. The zero-order chi connectivity index (χ0) is 23.9. The predicted octanol–water partition coefficient (Wildman–Crippen LogP) is 7.33. The van der Waals surface area contributed by atoms with Gasteiger partial charge in [0.15, 0.2) is 0 Å². The van der Waals surface area contributed by atoms with Crippen molar-refractivity contribution in [2.75, 3.05) is 12.4 Å². The number of rotatable bonds is 3. The average Bonchev–Trinajstić information content (AvgIpc) is 3.47. The molecule has 5 nitrogen and oxygen atoms in total. The first-order chi connectivity index (χ1) is 17.1. The van der Waals surface area contributed by atoms with Crippen molar-refractivity contribution in [3.8, 4) is 10.8 Å². The summed E-state index contributed by atoms with van der Waals surface area (Å²) in [4.78, 5) is 17.5. The van der Waals surface area contributed by atoms with Gasteiger partial charge >= 0.3 is 6.03 Å². The number of aryl methyl sites for hydroxylation is 1. The fourth-order valence-electron chi connectivity index (χ4n) is 5.30. The molecule has 2 amide bonds. The van der Waals surface area contributed by atoms with E-state index in [0.717, 1.165) is 40.0 Å². The third-order valence-corrected chi connectivity index (χ3v) is 8.99. The number of para-hydroxylation sites is 1. The van der Waals surface area contributed by atoms with Crippen molar-refractivity contribution in [1.29, 1.82) is 0 Å². The van der Waals surface area contributed by atoms with Crippen LogP contribution in [0, 0.1) is 0 Å². The van der Waals surface area contributed by atoms with Crippen LogP contribution in [-0.4, -0.2) is 22.6 Å². The molecule has 0 unspecified atom stereocenters. The molecule has 4 aromatic rings. The Kier molecular flexibility index (Phi) is 5.90. The molecule has 2 aromatic carbocycles. The van der Waals surface area contributed by atoms with Gasteiger partial charge in [-0.2, -0.15) is 0 Å². The van der Waals surface area contributed by atoms with E-state index in [2.05, 4.69) is 50.2 Å². The maximum Gasteiger partial charge on any atom is 0.323 e. The van der Waals surface area contributed by atoms with Gasteiger partial charge in [-0.15, -0.1) is 11.3 Å². The quantitative estimate of drug-likeness (QED) is 0.292. The van der Waals surface area contributed by atoms with Gasteiger partial charge in [0.2, 0.25) is 0 Å². The highest BCUT2D eigenvalue weighted by molar-refractivity contribution is 9.10. The third-order valence-electron chi connectivity index (χ3n) is 6.96. The summed E-state index contributed by atoms with van der Waals surface area (Å²) in [5.74, 6) is 0.781. The minimum atomic E-state index is -0.263. The molecule has 0 saturated heterocycles. The van der Waals surface area contributed by atoms with Crippen LogP contribution in [0.3, 0.4) is 0 Å². The maximum atomic E-state index is 14.0. The average molecular weight is 549 g/mol. The van der Waals surface area contributed by atoms with E-state index in [9.17, 15) is 4.79 Å². The number of anilines is 1. The van der Waals surface area contributed by atoms with Crippen molar-refractivity contribution in [2.45, 2.75) is 38.3 Å². The minimum Gasteiger partial charge on any atom is -0.497 e. The Bertz CT molecular complexity index is 1410. The van der Waals surface area contributed by atoms with E-state index in [1.165, 1.54) is 33.8 Å². The lowest BCUT2D eigenvalue weighted by Crippen LogP contribution is -2.38. The largest absolute Gasteiger partial charge is 0.497 e. The topological polar surface area (TPSA) is 46.5 Å². The molecule has 3 heterocycles. The molecule has 1 N–H and O–H groups in total. The number of halogens is 1. The Morgan fingerprint density at radius 3 is 2.77 bits per heavy atom. The number of carbonyl (C=O) groups is 1. The van der Waals surface area contributed by atoms with Gasteiger partial charge in [0.1, 0.15) is 10.8 Å². The second kappa shape index (κ2) is 9.21. The summed E-state index contributed by atoms with van der Waals surface area (Å²) in [5.41, 5.74) is 5.60. The fraction of sp³-hybridized carbons (Fsp3) is 0.250. The Labute approximate surface area is 217 Å². The van der Waals surface area contributed by atoms with Gasteiger partial charge in [0.05, 0.1) is 31.1 Å². The molecule has 2 aromatic heterocycles. The summed E-state index contributed by atoms with van der Waals surface area (Å²) in [6.45, 7) is 0.557. The summed E-state index contributed by atoms with van der Waals surface area (Å²) < 4.78 is 8.70. The number of methoxy groups -OCH3 is 1. The first kappa shape index (κ1) is 22.4. The van der Waals surface area contributed by atoms with E-state index >= 15 is 0 Å². The Morgan fingerprint density at radius 1 is 1.06 bits per heavy atom. The van der Waals surface area contributed by atoms with Gasteiger partial charge in [-0.1, -0.05) is 24.3 Å². The van der Waals surface area contributed by atoms with Crippen LogP contribution >= 0.6 is 27.3 Å². The fourth-order valence-corrected chi connectivity index (χ4v) is 7.09. The molecule has 0 saturated carbocycles. The number of amides is 2. The summed E-state index contributed by atoms with van der Waals surface area (Å²) in [6, 6.07) is 19.6. The van der Waals surface area contributed by atoms with Gasteiger partial charge in [0.25, 0.3) is 0 Å². The molecule has 2 aliphatic rings. The molecule has 0 bridgehead atoms. The molecular weight excluding hydrogens is 522 g/mol. The van der Waals surface area contributed by atoms with E-state index in [0.29, 0.717) is 6.54 Å². The molecule has 1 aliphatic heterocycles. The maximum absolute atomic E-state index is 14.0. The Morgan fingerprint density at radius 2 is 1.91 bits per heavy atom. The first-order valence-corrected chi connectivity index (χ1v) is 13.5. The van der Waals surface area contributed by atoms with Crippen LogP contribution in [-0.2, 0) is 19.4 Å². The predicted molar refractivity (Wildman–Crippen MR) is 144 cm³/mol. The van der Waals surface area contributed by atoms with Crippen molar-refractivity contribution >= 4 is 39.0 Å². The summed E-state index contributed by atoms with van der Waals surface area (Å²) >= 11 is 5.48. The molecule has 7 heteroatoms. The van der Waals surface area contributed by atoms with Crippen LogP contribution in [0.1, 0.15) is 46.1 Å². The van der Waals surface area contributed by atoms with Crippen molar-refractivity contribution in [3.05, 3.63) is 98.6 Å². The van der Waals surface area contributed by atoms with Crippen LogP contribution in [0.15, 0.2) is 71.3 Å².